The smallest absolute Gasteiger partial charge is 0.408 e. The lowest BCUT2D eigenvalue weighted by Crippen LogP contribution is -2.54. The van der Waals surface area contributed by atoms with Gasteiger partial charge in [0.2, 0.25) is 11.8 Å². The van der Waals surface area contributed by atoms with Gasteiger partial charge in [0.25, 0.3) is 0 Å². The molecule has 0 aliphatic rings. The number of carboxylic acid groups (broad SMARTS) is 1. The highest BCUT2D eigenvalue weighted by Crippen LogP contribution is 2.06. The lowest BCUT2D eigenvalue weighted by Gasteiger charge is -2.23. The Balaban J connectivity index is 4.71. The fraction of sp³-hybridized carbons (Fsp3) is 0.688. The second-order valence-corrected chi connectivity index (χ2v) is 7.12. The van der Waals surface area contributed by atoms with Gasteiger partial charge >= 0.3 is 12.1 Å². The lowest BCUT2D eigenvalue weighted by molar-refractivity contribution is -0.140. The summed E-state index contributed by atoms with van der Waals surface area (Å²) < 4.78 is 5.02. The van der Waals surface area contributed by atoms with Crippen LogP contribution in [0.3, 0.4) is 0 Å². The normalized spacial score (nSPS) is 14.3. The van der Waals surface area contributed by atoms with Gasteiger partial charge in [-0.05, 0) is 34.6 Å². The third-order valence-electron chi connectivity index (χ3n) is 3.09. The first-order valence-electron chi connectivity index (χ1n) is 8.17. The Morgan fingerprint density at radius 1 is 0.963 bits per heavy atom. The monoisotopic (exact) mass is 407 g/mol. The zero-order valence-corrected chi connectivity index (χ0v) is 16.7. The number of carboxylic acids is 1. The lowest BCUT2D eigenvalue weighted by atomic mass is 10.1. The van der Waals surface area contributed by atoms with Crippen molar-refractivity contribution in [2.45, 2.75) is 64.8 Å². The van der Waals surface area contributed by atoms with Crippen LogP contribution in [0, 0.1) is 0 Å². The maximum atomic E-state index is 12.1. The predicted octanol–water partition coefficient (Wildman–Crippen LogP) is 0.172. The largest absolute Gasteiger partial charge is 0.481 e. The Kier molecular flexibility index (Phi) is 9.77. The molecular weight excluding hydrogens is 382 g/mol. The predicted molar refractivity (Wildman–Crippen MR) is 96.3 cm³/mol. The summed E-state index contributed by atoms with van der Waals surface area (Å²) in [6.07, 6.45) is -1.43. The maximum Gasteiger partial charge on any atom is 0.408 e. The first-order valence-corrected chi connectivity index (χ1v) is 8.71. The number of amides is 3. The van der Waals surface area contributed by atoms with Gasteiger partial charge in [0.05, 0.1) is 18.3 Å². The van der Waals surface area contributed by atoms with E-state index in [0.29, 0.717) is 0 Å². The summed E-state index contributed by atoms with van der Waals surface area (Å²) in [7, 11) is 0. The molecule has 4 N–H and O–H groups in total. The van der Waals surface area contributed by atoms with Crippen LogP contribution in [0.2, 0.25) is 0 Å². The first kappa shape index (κ1) is 24.6. The van der Waals surface area contributed by atoms with Crippen LogP contribution < -0.4 is 16.0 Å². The average Bonchev–Trinajstić information content (AvgIpc) is 2.50. The van der Waals surface area contributed by atoms with Gasteiger partial charge < -0.3 is 25.8 Å². The summed E-state index contributed by atoms with van der Waals surface area (Å²) in [5, 5.41) is 15.7. The van der Waals surface area contributed by atoms with E-state index in [2.05, 4.69) is 16.0 Å². The van der Waals surface area contributed by atoms with E-state index in [9.17, 15) is 24.0 Å². The molecule has 0 fully saturated rings. The SMILES string of the molecule is C[C@H](NC(=O)OC(C)(C)C)C(=O)N[C@@H](C)C(=O)N[C@@H](CC(=O)O)C(=O)CCl. The van der Waals surface area contributed by atoms with Crippen molar-refractivity contribution in [3.8, 4) is 0 Å². The third kappa shape index (κ3) is 10.4. The molecule has 0 aromatic heterocycles. The van der Waals surface area contributed by atoms with Crippen molar-refractivity contribution in [2.75, 3.05) is 5.88 Å². The van der Waals surface area contributed by atoms with E-state index in [-0.39, 0.29) is 0 Å². The molecule has 0 saturated heterocycles. The number of ether oxygens (including phenoxy) is 1. The molecule has 0 unspecified atom stereocenters. The standard InChI is InChI=1S/C16H26ClN3O7/c1-8(14(25)20-10(6-12(22)23)11(21)7-17)18-13(24)9(2)19-15(26)27-16(3,4)5/h8-10H,6-7H2,1-5H3,(H,18,24)(H,19,26)(H,20,25)(H,22,23)/t8-,9-,10-/m0/s1. The summed E-state index contributed by atoms with van der Waals surface area (Å²) in [6.45, 7) is 7.74. The molecule has 27 heavy (non-hydrogen) atoms. The Bertz CT molecular complexity index is 589. The maximum absolute atomic E-state index is 12.1. The van der Waals surface area contributed by atoms with Crippen LogP contribution in [0.5, 0.6) is 0 Å². The molecule has 0 heterocycles. The minimum Gasteiger partial charge on any atom is -0.481 e. The van der Waals surface area contributed by atoms with Gasteiger partial charge in [-0.1, -0.05) is 0 Å². The molecule has 0 aliphatic carbocycles. The number of ketones is 1. The average molecular weight is 408 g/mol. The van der Waals surface area contributed by atoms with Gasteiger partial charge in [-0.25, -0.2) is 4.79 Å². The number of Topliss-reactive ketones (excluding diaryl/α,β-unsaturated/α-hetero) is 1. The summed E-state index contributed by atoms with van der Waals surface area (Å²) >= 11 is 5.40. The molecule has 10 nitrogen and oxygen atoms in total. The summed E-state index contributed by atoms with van der Waals surface area (Å²) in [4.78, 5) is 58.2. The minimum atomic E-state index is -1.30. The van der Waals surface area contributed by atoms with Crippen molar-refractivity contribution in [2.24, 2.45) is 0 Å². The van der Waals surface area contributed by atoms with Gasteiger partial charge in [-0.15, -0.1) is 11.6 Å². The number of carbonyl (C=O) groups is 5. The third-order valence-corrected chi connectivity index (χ3v) is 3.36. The second-order valence-electron chi connectivity index (χ2n) is 6.86. The molecule has 3 atom stereocenters. The van der Waals surface area contributed by atoms with E-state index in [4.69, 9.17) is 21.4 Å². The number of alkyl carbamates (subject to hydrolysis) is 1. The zero-order valence-electron chi connectivity index (χ0n) is 15.9. The molecule has 11 heteroatoms. The number of aliphatic carboxylic acids is 1. The molecule has 0 saturated carbocycles. The molecule has 0 aromatic rings. The van der Waals surface area contributed by atoms with Crippen LogP contribution in [-0.2, 0) is 23.9 Å². The number of alkyl halides is 1. The Hall–Kier alpha value is -2.36. The van der Waals surface area contributed by atoms with E-state index in [1.807, 2.05) is 0 Å². The summed E-state index contributed by atoms with van der Waals surface area (Å²) in [5.74, 6) is -3.84. The van der Waals surface area contributed by atoms with Gasteiger partial charge in [0, 0.05) is 0 Å². The highest BCUT2D eigenvalue weighted by atomic mass is 35.5. The molecular formula is C16H26ClN3O7. The van der Waals surface area contributed by atoms with Crippen molar-refractivity contribution in [1.29, 1.82) is 0 Å². The molecule has 154 valence electrons. The second kappa shape index (κ2) is 10.7. The number of hydrogen-bond donors (Lipinski definition) is 4. The van der Waals surface area contributed by atoms with Crippen LogP contribution in [0.25, 0.3) is 0 Å². The van der Waals surface area contributed by atoms with Crippen LogP contribution >= 0.6 is 11.6 Å². The zero-order chi connectivity index (χ0) is 21.4. The number of halogens is 1. The Morgan fingerprint density at radius 3 is 1.89 bits per heavy atom. The topological polar surface area (TPSA) is 151 Å². The first-order chi connectivity index (χ1) is 12.3. The van der Waals surface area contributed by atoms with Crippen molar-refractivity contribution < 1.29 is 33.8 Å². The molecule has 0 aliphatic heterocycles. The van der Waals surface area contributed by atoms with Crippen LogP contribution in [0.1, 0.15) is 41.0 Å². The van der Waals surface area contributed by atoms with Gasteiger partial charge in [-0.2, -0.15) is 0 Å². The fourth-order valence-electron chi connectivity index (χ4n) is 1.76. The van der Waals surface area contributed by atoms with Gasteiger partial charge in [0.15, 0.2) is 5.78 Å². The van der Waals surface area contributed by atoms with Crippen molar-refractivity contribution in [1.82, 2.24) is 16.0 Å². The molecule has 3 amide bonds. The van der Waals surface area contributed by atoms with E-state index in [0.717, 1.165) is 0 Å². The summed E-state index contributed by atoms with van der Waals surface area (Å²) in [5.41, 5.74) is -0.735. The number of nitrogens with one attached hydrogen (secondary N) is 3. The summed E-state index contributed by atoms with van der Waals surface area (Å²) in [6, 6.07) is -3.38. The number of hydrogen-bond acceptors (Lipinski definition) is 6. The molecule has 0 spiro atoms. The minimum absolute atomic E-state index is 0.462. The van der Waals surface area contributed by atoms with Gasteiger partial charge in [0.1, 0.15) is 17.7 Å². The highest BCUT2D eigenvalue weighted by molar-refractivity contribution is 6.28. The number of rotatable bonds is 9. The van der Waals surface area contributed by atoms with Crippen molar-refractivity contribution in [3.63, 3.8) is 0 Å². The van der Waals surface area contributed by atoms with Crippen molar-refractivity contribution in [3.05, 3.63) is 0 Å². The van der Waals surface area contributed by atoms with Crippen LogP contribution in [0.4, 0.5) is 4.79 Å². The van der Waals surface area contributed by atoms with Crippen molar-refractivity contribution >= 4 is 41.3 Å². The van der Waals surface area contributed by atoms with E-state index in [1.54, 1.807) is 20.8 Å². The fourth-order valence-corrected chi connectivity index (χ4v) is 1.95. The number of carbonyl (C=O) groups excluding carboxylic acids is 4. The van der Waals surface area contributed by atoms with Crippen LogP contribution in [0.15, 0.2) is 0 Å². The van der Waals surface area contributed by atoms with E-state index < -0.39 is 65.7 Å². The molecule has 0 rings (SSSR count). The Morgan fingerprint density at radius 2 is 1.44 bits per heavy atom. The van der Waals surface area contributed by atoms with Gasteiger partial charge in [-0.3, -0.25) is 19.2 Å². The highest BCUT2D eigenvalue weighted by Gasteiger charge is 2.27. The quantitative estimate of drug-likeness (QED) is 0.398. The van der Waals surface area contributed by atoms with E-state index >= 15 is 0 Å². The molecule has 0 bridgehead atoms. The Labute approximate surface area is 162 Å². The molecule has 0 radical (unpaired) electrons. The molecule has 0 aromatic carbocycles. The van der Waals surface area contributed by atoms with E-state index in [1.165, 1.54) is 13.8 Å². The van der Waals surface area contributed by atoms with Crippen LogP contribution in [-0.4, -0.2) is 64.4 Å².